The van der Waals surface area contributed by atoms with Gasteiger partial charge in [-0.1, -0.05) is 26.0 Å². The van der Waals surface area contributed by atoms with E-state index in [9.17, 15) is 16.8 Å². The van der Waals surface area contributed by atoms with Gasteiger partial charge in [-0.25, -0.2) is 13.6 Å². The van der Waals surface area contributed by atoms with Crippen LogP contribution in [0.5, 0.6) is 0 Å². The van der Waals surface area contributed by atoms with Crippen LogP contribution in [0.1, 0.15) is 38.8 Å². The lowest BCUT2D eigenvalue weighted by atomic mass is 9.94. The molecule has 0 unspecified atom stereocenters. The molecule has 0 bridgehead atoms. The topological polar surface area (TPSA) is 101 Å². The number of piperidine rings is 1. The Balaban J connectivity index is 2.22. The Hall–Kier alpha value is -1.00. The van der Waals surface area contributed by atoms with E-state index >= 15 is 0 Å². The molecular formula is C16H27N3O4S2. The molecule has 1 aromatic carbocycles. The minimum Gasteiger partial charge on any atom is -0.225 e. The van der Waals surface area contributed by atoms with Crippen molar-refractivity contribution < 1.29 is 16.8 Å². The molecule has 3 atom stereocenters. The summed E-state index contributed by atoms with van der Waals surface area (Å²) in [6, 6.07) is 5.56. The maximum absolute atomic E-state index is 13.0. The normalized spacial score (nSPS) is 24.4. The summed E-state index contributed by atoms with van der Waals surface area (Å²) in [6.45, 7) is 6.95. The molecule has 0 amide bonds. The molecule has 1 aliphatic rings. The van der Waals surface area contributed by atoms with E-state index < -0.39 is 26.3 Å². The number of rotatable bonds is 5. The first-order valence-electron chi connectivity index (χ1n) is 8.28. The summed E-state index contributed by atoms with van der Waals surface area (Å²) in [4.78, 5) is 0.00707. The Bertz CT molecular complexity index is 796. The van der Waals surface area contributed by atoms with Crippen LogP contribution < -0.4 is 5.14 Å². The first-order chi connectivity index (χ1) is 11.4. The molecule has 1 heterocycles. The van der Waals surface area contributed by atoms with Crippen molar-refractivity contribution in [2.45, 2.75) is 38.1 Å². The van der Waals surface area contributed by atoms with Gasteiger partial charge in [-0.05, 0) is 42.9 Å². The van der Waals surface area contributed by atoms with Crippen LogP contribution in [-0.2, 0) is 20.2 Å². The maximum atomic E-state index is 13.0. The second-order valence-electron chi connectivity index (χ2n) is 7.08. The van der Waals surface area contributed by atoms with E-state index in [2.05, 4.69) is 13.8 Å². The fourth-order valence-electron chi connectivity index (χ4n) is 3.32. The molecule has 7 nitrogen and oxygen atoms in total. The van der Waals surface area contributed by atoms with Gasteiger partial charge < -0.3 is 0 Å². The zero-order chi connectivity index (χ0) is 19.0. The molecule has 1 saturated heterocycles. The molecule has 0 aromatic heterocycles. The highest BCUT2D eigenvalue weighted by Crippen LogP contribution is 2.28. The average Bonchev–Trinajstić information content (AvgIpc) is 2.51. The zero-order valence-corrected chi connectivity index (χ0v) is 16.7. The molecular weight excluding hydrogens is 362 g/mol. The largest absolute Gasteiger partial charge is 0.282 e. The molecule has 2 rings (SSSR count). The number of hydrogen-bond acceptors (Lipinski definition) is 4. The molecule has 25 heavy (non-hydrogen) atoms. The van der Waals surface area contributed by atoms with Gasteiger partial charge in [0.1, 0.15) is 0 Å². The first kappa shape index (κ1) is 20.3. The van der Waals surface area contributed by atoms with Crippen molar-refractivity contribution in [1.82, 2.24) is 8.61 Å². The van der Waals surface area contributed by atoms with Gasteiger partial charge in [-0.3, -0.25) is 0 Å². The summed E-state index contributed by atoms with van der Waals surface area (Å²) >= 11 is 0. The number of nitrogens with zero attached hydrogens (tertiary/aromatic N) is 2. The van der Waals surface area contributed by atoms with Gasteiger partial charge in [0.15, 0.2) is 0 Å². The fourth-order valence-corrected chi connectivity index (χ4v) is 5.61. The van der Waals surface area contributed by atoms with Crippen LogP contribution in [0.15, 0.2) is 29.2 Å². The van der Waals surface area contributed by atoms with Crippen molar-refractivity contribution in [2.24, 2.45) is 17.0 Å². The molecule has 2 N–H and O–H groups in total. The lowest BCUT2D eigenvalue weighted by molar-refractivity contribution is 0.207. The predicted molar refractivity (Wildman–Crippen MR) is 97.4 cm³/mol. The maximum Gasteiger partial charge on any atom is 0.282 e. The highest BCUT2D eigenvalue weighted by molar-refractivity contribution is 7.89. The van der Waals surface area contributed by atoms with E-state index in [1.165, 1.54) is 16.4 Å². The second kappa shape index (κ2) is 7.32. The summed E-state index contributed by atoms with van der Waals surface area (Å²) < 4.78 is 51.5. The third-order valence-corrected chi connectivity index (χ3v) is 7.69. The standard InChI is InChI=1S/C16H27N3O4S2/c1-12-9-13(2)11-19(10-12)25(22,23)18(4)14(3)15-5-7-16(8-6-15)24(17,20)21/h5-8,12-14H,9-11H2,1-4H3,(H2,17,20,21)/t12-,13-,14+/m1/s1. The van der Waals surface area contributed by atoms with Crippen LogP contribution in [0.2, 0.25) is 0 Å². The Morgan fingerprint density at radius 1 is 1.08 bits per heavy atom. The van der Waals surface area contributed by atoms with Gasteiger partial charge in [-0.2, -0.15) is 17.0 Å². The van der Waals surface area contributed by atoms with Crippen LogP contribution in [0.25, 0.3) is 0 Å². The number of sulfonamides is 1. The van der Waals surface area contributed by atoms with Crippen molar-refractivity contribution in [3.63, 3.8) is 0 Å². The number of hydrogen-bond donors (Lipinski definition) is 1. The highest BCUT2D eigenvalue weighted by atomic mass is 32.2. The van der Waals surface area contributed by atoms with E-state index in [1.54, 1.807) is 30.4 Å². The highest BCUT2D eigenvalue weighted by Gasteiger charge is 2.35. The van der Waals surface area contributed by atoms with Crippen LogP contribution >= 0.6 is 0 Å². The average molecular weight is 390 g/mol. The zero-order valence-electron chi connectivity index (χ0n) is 15.1. The SMILES string of the molecule is C[C@@H]1C[C@@H](C)CN(S(=O)(=O)N(C)[C@@H](C)c2ccc(S(N)(=O)=O)cc2)C1. The third-order valence-electron chi connectivity index (χ3n) is 4.76. The van der Waals surface area contributed by atoms with Gasteiger partial charge in [0, 0.05) is 26.2 Å². The van der Waals surface area contributed by atoms with Crippen LogP contribution in [0.4, 0.5) is 0 Å². The summed E-state index contributed by atoms with van der Waals surface area (Å²) in [5.41, 5.74) is 0.705. The summed E-state index contributed by atoms with van der Waals surface area (Å²) in [5.74, 6) is 0.660. The third kappa shape index (κ3) is 4.59. The van der Waals surface area contributed by atoms with E-state index in [1.807, 2.05) is 0 Å². The Morgan fingerprint density at radius 2 is 1.56 bits per heavy atom. The van der Waals surface area contributed by atoms with Gasteiger partial charge in [0.05, 0.1) is 4.90 Å². The molecule has 1 aromatic rings. The molecule has 0 aliphatic carbocycles. The fraction of sp³-hybridized carbons (Fsp3) is 0.625. The summed E-state index contributed by atoms with van der Waals surface area (Å²) in [6.07, 6.45) is 1.03. The molecule has 1 aliphatic heterocycles. The first-order valence-corrected chi connectivity index (χ1v) is 11.2. The molecule has 0 spiro atoms. The van der Waals surface area contributed by atoms with Crippen molar-refractivity contribution in [3.05, 3.63) is 29.8 Å². The molecule has 9 heteroatoms. The predicted octanol–water partition coefficient (Wildman–Crippen LogP) is 1.55. The molecule has 0 saturated carbocycles. The van der Waals surface area contributed by atoms with E-state index in [4.69, 9.17) is 5.14 Å². The van der Waals surface area contributed by atoms with E-state index in [0.29, 0.717) is 30.5 Å². The minimum atomic E-state index is -3.76. The minimum absolute atomic E-state index is 0.00707. The molecule has 0 radical (unpaired) electrons. The monoisotopic (exact) mass is 389 g/mol. The van der Waals surface area contributed by atoms with Gasteiger partial charge in [0.25, 0.3) is 10.2 Å². The van der Waals surface area contributed by atoms with Gasteiger partial charge in [-0.15, -0.1) is 0 Å². The molecule has 1 fully saturated rings. The van der Waals surface area contributed by atoms with Crippen molar-refractivity contribution in [1.29, 1.82) is 0 Å². The van der Waals surface area contributed by atoms with Gasteiger partial charge >= 0.3 is 0 Å². The lowest BCUT2D eigenvalue weighted by Crippen LogP contribution is -2.48. The van der Waals surface area contributed by atoms with Gasteiger partial charge in [0.2, 0.25) is 10.0 Å². The van der Waals surface area contributed by atoms with E-state index in [-0.39, 0.29) is 4.90 Å². The Labute approximate surface area is 151 Å². The van der Waals surface area contributed by atoms with Crippen LogP contribution in [0.3, 0.4) is 0 Å². The van der Waals surface area contributed by atoms with Crippen molar-refractivity contribution in [2.75, 3.05) is 20.1 Å². The Morgan fingerprint density at radius 3 is 2.00 bits per heavy atom. The van der Waals surface area contributed by atoms with Crippen LogP contribution in [-0.4, -0.2) is 45.6 Å². The smallest absolute Gasteiger partial charge is 0.225 e. The number of benzene rings is 1. The summed E-state index contributed by atoms with van der Waals surface area (Å²) in [7, 11) is -5.80. The quantitative estimate of drug-likeness (QED) is 0.825. The lowest BCUT2D eigenvalue weighted by Gasteiger charge is -2.37. The number of primary sulfonamides is 1. The number of nitrogens with two attached hydrogens (primary N) is 1. The second-order valence-corrected chi connectivity index (χ2v) is 10.6. The summed E-state index contributed by atoms with van der Waals surface area (Å²) in [5, 5.41) is 5.09. The van der Waals surface area contributed by atoms with Crippen molar-refractivity contribution >= 4 is 20.2 Å². The van der Waals surface area contributed by atoms with Crippen LogP contribution in [0, 0.1) is 11.8 Å². The molecule has 142 valence electrons. The van der Waals surface area contributed by atoms with Crippen molar-refractivity contribution in [3.8, 4) is 0 Å². The van der Waals surface area contributed by atoms with E-state index in [0.717, 1.165) is 6.42 Å². The Kier molecular flexibility index (Phi) is 5.95.